The van der Waals surface area contributed by atoms with Gasteiger partial charge in [-0.05, 0) is 41.2 Å². The lowest BCUT2D eigenvalue weighted by molar-refractivity contribution is -0.132. The molecular weight excluding hydrogens is 442 g/mol. The molecule has 170 valence electrons. The molecule has 0 aliphatic heterocycles. The number of hydrogen-bond donors (Lipinski definition) is 1. The van der Waals surface area contributed by atoms with Crippen LogP contribution in [-0.4, -0.2) is 19.8 Å². The van der Waals surface area contributed by atoms with Crippen LogP contribution < -0.4 is 0 Å². The third kappa shape index (κ3) is 5.22. The van der Waals surface area contributed by atoms with Crippen molar-refractivity contribution in [1.82, 2.24) is 8.75 Å². The van der Waals surface area contributed by atoms with Crippen molar-refractivity contribution in [2.45, 2.75) is 39.0 Å². The number of aliphatic carboxylic acids is 1. The van der Waals surface area contributed by atoms with Gasteiger partial charge in [-0.15, -0.1) is 0 Å². The Hall–Kier alpha value is -3.82. The van der Waals surface area contributed by atoms with Gasteiger partial charge in [0, 0.05) is 11.1 Å². The van der Waals surface area contributed by atoms with Gasteiger partial charge in [0.15, 0.2) is 0 Å². The first-order valence-electron chi connectivity index (χ1n) is 11.4. The average molecular weight is 468 g/mol. The number of nitriles is 1. The van der Waals surface area contributed by atoms with Crippen LogP contribution in [-0.2, 0) is 11.2 Å². The fourth-order valence-electron chi connectivity index (χ4n) is 4.01. The van der Waals surface area contributed by atoms with E-state index in [1.54, 1.807) is 18.2 Å². The molecule has 0 fully saturated rings. The van der Waals surface area contributed by atoms with Crippen LogP contribution in [0.5, 0.6) is 0 Å². The highest BCUT2D eigenvalue weighted by molar-refractivity contribution is 7.00. The monoisotopic (exact) mass is 467 g/mol. The Morgan fingerprint density at radius 1 is 0.912 bits per heavy atom. The molecule has 0 saturated heterocycles. The van der Waals surface area contributed by atoms with E-state index in [-0.39, 0.29) is 5.57 Å². The molecular formula is C28H25N3O2S. The molecule has 4 rings (SSSR count). The Balaban J connectivity index is 1.59. The molecule has 1 heterocycles. The lowest BCUT2D eigenvalue weighted by Gasteiger charge is -2.08. The summed E-state index contributed by atoms with van der Waals surface area (Å²) < 4.78 is 9.14. The van der Waals surface area contributed by atoms with E-state index < -0.39 is 5.97 Å². The van der Waals surface area contributed by atoms with Gasteiger partial charge in [-0.25, -0.2) is 4.79 Å². The number of benzene rings is 3. The van der Waals surface area contributed by atoms with E-state index >= 15 is 0 Å². The van der Waals surface area contributed by atoms with Crippen LogP contribution in [0.4, 0.5) is 0 Å². The van der Waals surface area contributed by atoms with Crippen molar-refractivity contribution >= 4 is 34.8 Å². The molecule has 0 bridgehead atoms. The van der Waals surface area contributed by atoms with Crippen molar-refractivity contribution in [3.05, 3.63) is 77.4 Å². The molecule has 1 aromatic heterocycles. The predicted molar refractivity (Wildman–Crippen MR) is 137 cm³/mol. The van der Waals surface area contributed by atoms with Gasteiger partial charge in [0.05, 0.1) is 11.7 Å². The minimum atomic E-state index is -1.23. The van der Waals surface area contributed by atoms with Gasteiger partial charge in [0.1, 0.15) is 22.7 Å². The zero-order valence-electron chi connectivity index (χ0n) is 19.0. The second-order valence-electron chi connectivity index (χ2n) is 8.23. The molecule has 0 radical (unpaired) electrons. The first kappa shape index (κ1) is 23.3. The SMILES string of the molecule is CCCCCCc1ccc(-c2ccc(-c3ccc(/C=C(\C#N)C(=O)O)cc3)c3nsnc23)cc1. The minimum absolute atomic E-state index is 0.296. The summed E-state index contributed by atoms with van der Waals surface area (Å²) in [7, 11) is 0. The van der Waals surface area contributed by atoms with Crippen molar-refractivity contribution in [2.75, 3.05) is 0 Å². The number of carboxylic acid groups (broad SMARTS) is 1. The lowest BCUT2D eigenvalue weighted by atomic mass is 9.96. The molecule has 6 heteroatoms. The van der Waals surface area contributed by atoms with Crippen LogP contribution in [0.2, 0.25) is 0 Å². The molecule has 0 amide bonds. The summed E-state index contributed by atoms with van der Waals surface area (Å²) in [5, 5.41) is 18.0. The first-order valence-corrected chi connectivity index (χ1v) is 12.1. The van der Waals surface area contributed by atoms with E-state index in [2.05, 4.69) is 52.1 Å². The van der Waals surface area contributed by atoms with Gasteiger partial charge in [-0.1, -0.05) is 86.8 Å². The van der Waals surface area contributed by atoms with E-state index in [9.17, 15) is 4.79 Å². The highest BCUT2D eigenvalue weighted by Gasteiger charge is 2.14. The van der Waals surface area contributed by atoms with Crippen molar-refractivity contribution in [2.24, 2.45) is 0 Å². The number of hydrogen-bond acceptors (Lipinski definition) is 5. The second kappa shape index (κ2) is 10.9. The number of nitrogens with zero attached hydrogens (tertiary/aromatic N) is 3. The Kier molecular flexibility index (Phi) is 7.46. The van der Waals surface area contributed by atoms with Crippen LogP contribution in [0.15, 0.2) is 66.2 Å². The van der Waals surface area contributed by atoms with Gasteiger partial charge in [-0.3, -0.25) is 0 Å². The van der Waals surface area contributed by atoms with E-state index in [1.807, 2.05) is 12.1 Å². The van der Waals surface area contributed by atoms with Gasteiger partial charge < -0.3 is 5.11 Å². The number of fused-ring (bicyclic) bond motifs is 1. The molecule has 34 heavy (non-hydrogen) atoms. The summed E-state index contributed by atoms with van der Waals surface area (Å²) in [5.74, 6) is -1.23. The van der Waals surface area contributed by atoms with Crippen molar-refractivity contribution < 1.29 is 9.90 Å². The van der Waals surface area contributed by atoms with Crippen molar-refractivity contribution in [3.63, 3.8) is 0 Å². The molecule has 0 unspecified atom stereocenters. The van der Waals surface area contributed by atoms with Gasteiger partial charge in [0.25, 0.3) is 0 Å². The Labute approximate surface area is 203 Å². The highest BCUT2D eigenvalue weighted by Crippen LogP contribution is 2.35. The normalized spacial score (nSPS) is 11.5. The van der Waals surface area contributed by atoms with E-state index in [0.717, 1.165) is 39.7 Å². The Morgan fingerprint density at radius 2 is 1.50 bits per heavy atom. The molecule has 0 spiro atoms. The van der Waals surface area contributed by atoms with Gasteiger partial charge in [-0.2, -0.15) is 14.0 Å². The molecule has 5 nitrogen and oxygen atoms in total. The Bertz CT molecular complexity index is 1360. The summed E-state index contributed by atoms with van der Waals surface area (Å²) in [5.41, 5.74) is 7.55. The quantitative estimate of drug-likeness (QED) is 0.161. The first-order chi connectivity index (χ1) is 16.6. The zero-order valence-corrected chi connectivity index (χ0v) is 19.8. The third-order valence-electron chi connectivity index (χ3n) is 5.88. The summed E-state index contributed by atoms with van der Waals surface area (Å²) in [4.78, 5) is 11.1. The smallest absolute Gasteiger partial charge is 0.346 e. The van der Waals surface area contributed by atoms with E-state index in [4.69, 9.17) is 10.4 Å². The fraction of sp³-hybridized carbons (Fsp3) is 0.214. The highest BCUT2D eigenvalue weighted by atomic mass is 32.1. The lowest BCUT2D eigenvalue weighted by Crippen LogP contribution is -1.97. The molecule has 1 N–H and O–H groups in total. The number of unbranched alkanes of at least 4 members (excludes halogenated alkanes) is 3. The second-order valence-corrected chi connectivity index (χ2v) is 8.76. The van der Waals surface area contributed by atoms with Crippen LogP contribution in [0.1, 0.15) is 43.7 Å². The third-order valence-corrected chi connectivity index (χ3v) is 6.41. The molecule has 3 aromatic carbocycles. The maximum atomic E-state index is 11.1. The van der Waals surface area contributed by atoms with Crippen LogP contribution in [0.25, 0.3) is 39.4 Å². The zero-order chi connectivity index (χ0) is 23.9. The largest absolute Gasteiger partial charge is 0.477 e. The van der Waals surface area contributed by atoms with E-state index in [0.29, 0.717) is 5.56 Å². The maximum absolute atomic E-state index is 11.1. The molecule has 4 aromatic rings. The van der Waals surface area contributed by atoms with Gasteiger partial charge >= 0.3 is 5.97 Å². The number of carbonyl (C=O) groups is 1. The number of aryl methyl sites for hydroxylation is 1. The average Bonchev–Trinajstić information content (AvgIpc) is 3.35. The summed E-state index contributed by atoms with van der Waals surface area (Å²) in [6.45, 7) is 2.23. The van der Waals surface area contributed by atoms with Crippen molar-refractivity contribution in [3.8, 4) is 28.3 Å². The number of aromatic nitrogens is 2. The Morgan fingerprint density at radius 3 is 2.03 bits per heavy atom. The summed E-state index contributed by atoms with van der Waals surface area (Å²) in [6.07, 6.45) is 7.53. The molecule has 0 aliphatic rings. The standard InChI is InChI=1S/C28H25N3O2S/c1-2-3-4-5-6-19-7-11-21(12-8-19)24-15-16-25(27-26(24)30-34-31-27)22-13-9-20(10-14-22)17-23(18-29)28(32)33/h7-17H,2-6H2,1H3,(H,32,33)/b23-17+. The van der Waals surface area contributed by atoms with Crippen LogP contribution in [0, 0.1) is 11.3 Å². The molecule has 0 saturated carbocycles. The summed E-state index contributed by atoms with van der Waals surface area (Å²) in [6, 6.07) is 22.0. The number of rotatable bonds is 9. The number of carboxylic acids is 1. The molecule has 0 atom stereocenters. The summed E-state index contributed by atoms with van der Waals surface area (Å²) >= 11 is 1.20. The van der Waals surface area contributed by atoms with Crippen LogP contribution in [0.3, 0.4) is 0 Å². The van der Waals surface area contributed by atoms with Gasteiger partial charge in [0.2, 0.25) is 0 Å². The fourth-order valence-corrected chi connectivity index (χ4v) is 4.58. The van der Waals surface area contributed by atoms with Crippen molar-refractivity contribution in [1.29, 1.82) is 5.26 Å². The minimum Gasteiger partial charge on any atom is -0.477 e. The molecule has 0 aliphatic carbocycles. The predicted octanol–water partition coefficient (Wildman–Crippen LogP) is 7.14. The maximum Gasteiger partial charge on any atom is 0.346 e. The topological polar surface area (TPSA) is 86.9 Å². The van der Waals surface area contributed by atoms with Crippen LogP contribution >= 0.6 is 11.7 Å². The van der Waals surface area contributed by atoms with E-state index in [1.165, 1.54) is 49.1 Å².